The number of aliphatic hydroxyl groups is 1. The Morgan fingerprint density at radius 2 is 2.00 bits per heavy atom. The Bertz CT molecular complexity index is 416. The van der Waals surface area contributed by atoms with E-state index in [1.807, 2.05) is 0 Å². The minimum atomic E-state index is -4.44. The van der Waals surface area contributed by atoms with Crippen molar-refractivity contribution >= 4 is 11.6 Å². The number of pyridine rings is 1. The Kier molecular flexibility index (Phi) is 2.86. The summed E-state index contributed by atoms with van der Waals surface area (Å²) in [6.45, 7) is 0. The minimum absolute atomic E-state index is 0.0413. The number of anilines is 2. The molecule has 94 valence electrons. The lowest BCUT2D eigenvalue weighted by Crippen LogP contribution is -2.39. The molecule has 0 unspecified atom stereocenters. The Hall–Kier alpha value is -1.50. The molecule has 1 heterocycles. The molecule has 1 aliphatic carbocycles. The van der Waals surface area contributed by atoms with Crippen LogP contribution >= 0.6 is 0 Å². The van der Waals surface area contributed by atoms with E-state index in [0.717, 1.165) is 12.1 Å². The SMILES string of the molecule is Nc1cc(C(F)(F)F)cc(NC2CC(O)C2)n1. The Labute approximate surface area is 95.7 Å². The number of hydrogen-bond acceptors (Lipinski definition) is 4. The fraction of sp³-hybridized carbons (Fsp3) is 0.500. The van der Waals surface area contributed by atoms with Gasteiger partial charge >= 0.3 is 6.18 Å². The predicted molar refractivity (Wildman–Crippen MR) is 56.3 cm³/mol. The van der Waals surface area contributed by atoms with Gasteiger partial charge in [0.05, 0.1) is 11.7 Å². The molecule has 0 spiro atoms. The normalized spacial score (nSPS) is 24.2. The molecule has 4 N–H and O–H groups in total. The summed E-state index contributed by atoms with van der Waals surface area (Å²) in [7, 11) is 0. The molecule has 4 nitrogen and oxygen atoms in total. The Balaban J connectivity index is 2.14. The van der Waals surface area contributed by atoms with Crippen molar-refractivity contribution in [2.75, 3.05) is 11.1 Å². The fourth-order valence-corrected chi connectivity index (χ4v) is 1.70. The number of halogens is 3. The first-order chi connectivity index (χ1) is 7.84. The molecule has 0 radical (unpaired) electrons. The van der Waals surface area contributed by atoms with Gasteiger partial charge in [-0.05, 0) is 25.0 Å². The van der Waals surface area contributed by atoms with Crippen LogP contribution in [0, 0.1) is 0 Å². The molecule has 1 fully saturated rings. The van der Waals surface area contributed by atoms with Crippen molar-refractivity contribution in [3.63, 3.8) is 0 Å². The fourth-order valence-electron chi connectivity index (χ4n) is 1.70. The van der Waals surface area contributed by atoms with Gasteiger partial charge in [0.25, 0.3) is 0 Å². The summed E-state index contributed by atoms with van der Waals surface area (Å²) in [6, 6.07) is 1.67. The van der Waals surface area contributed by atoms with Crippen LogP contribution in [0.3, 0.4) is 0 Å². The molecule has 0 aromatic carbocycles. The van der Waals surface area contributed by atoms with E-state index in [1.54, 1.807) is 0 Å². The molecule has 1 aromatic heterocycles. The molecule has 0 atom stereocenters. The maximum Gasteiger partial charge on any atom is 0.416 e. The molecule has 0 amide bonds. The highest BCUT2D eigenvalue weighted by Gasteiger charge is 2.32. The molecular weight excluding hydrogens is 235 g/mol. The van der Waals surface area contributed by atoms with Crippen LogP contribution in [0.1, 0.15) is 18.4 Å². The van der Waals surface area contributed by atoms with Crippen LogP contribution in [-0.4, -0.2) is 22.2 Å². The lowest BCUT2D eigenvalue weighted by molar-refractivity contribution is -0.137. The van der Waals surface area contributed by atoms with Gasteiger partial charge in [-0.25, -0.2) is 4.98 Å². The zero-order chi connectivity index (χ0) is 12.6. The molecule has 1 saturated carbocycles. The largest absolute Gasteiger partial charge is 0.416 e. The van der Waals surface area contributed by atoms with Crippen LogP contribution in [0.15, 0.2) is 12.1 Å². The second-order valence-electron chi connectivity index (χ2n) is 4.13. The second-order valence-corrected chi connectivity index (χ2v) is 4.13. The molecule has 0 aliphatic heterocycles. The van der Waals surface area contributed by atoms with Crippen LogP contribution in [0.25, 0.3) is 0 Å². The molecule has 17 heavy (non-hydrogen) atoms. The quantitative estimate of drug-likeness (QED) is 0.742. The van der Waals surface area contributed by atoms with E-state index in [1.165, 1.54) is 0 Å². The van der Waals surface area contributed by atoms with Gasteiger partial charge in [0.2, 0.25) is 0 Å². The van der Waals surface area contributed by atoms with E-state index in [2.05, 4.69) is 10.3 Å². The van der Waals surface area contributed by atoms with Crippen molar-refractivity contribution in [1.29, 1.82) is 0 Å². The summed E-state index contributed by atoms with van der Waals surface area (Å²) in [5.41, 5.74) is 4.49. The molecule has 1 aliphatic rings. The third kappa shape index (κ3) is 2.79. The number of hydrogen-bond donors (Lipinski definition) is 3. The van der Waals surface area contributed by atoms with Gasteiger partial charge in [0, 0.05) is 6.04 Å². The van der Waals surface area contributed by atoms with Crippen LogP contribution in [0.4, 0.5) is 24.8 Å². The highest BCUT2D eigenvalue weighted by Crippen LogP contribution is 2.32. The predicted octanol–water partition coefficient (Wildman–Crippen LogP) is 1.62. The van der Waals surface area contributed by atoms with Crippen molar-refractivity contribution in [2.45, 2.75) is 31.2 Å². The molecule has 0 saturated heterocycles. The second kappa shape index (κ2) is 4.06. The number of alkyl halides is 3. The monoisotopic (exact) mass is 247 g/mol. The Morgan fingerprint density at radius 3 is 2.53 bits per heavy atom. The lowest BCUT2D eigenvalue weighted by Gasteiger charge is -2.32. The van der Waals surface area contributed by atoms with E-state index < -0.39 is 11.7 Å². The van der Waals surface area contributed by atoms with Gasteiger partial charge in [-0.15, -0.1) is 0 Å². The summed E-state index contributed by atoms with van der Waals surface area (Å²) < 4.78 is 37.5. The minimum Gasteiger partial charge on any atom is -0.393 e. The summed E-state index contributed by atoms with van der Waals surface area (Å²) in [5.74, 6) is -0.0866. The zero-order valence-corrected chi connectivity index (χ0v) is 8.83. The lowest BCUT2D eigenvalue weighted by atomic mass is 9.89. The van der Waals surface area contributed by atoms with Gasteiger partial charge in [-0.3, -0.25) is 0 Å². The van der Waals surface area contributed by atoms with Crippen molar-refractivity contribution in [2.24, 2.45) is 0 Å². The van der Waals surface area contributed by atoms with Gasteiger partial charge in [-0.1, -0.05) is 0 Å². The van der Waals surface area contributed by atoms with Gasteiger partial charge in [0.1, 0.15) is 11.6 Å². The van der Waals surface area contributed by atoms with E-state index >= 15 is 0 Å². The number of aliphatic hydroxyl groups excluding tert-OH is 1. The number of nitrogen functional groups attached to an aromatic ring is 1. The number of aromatic nitrogens is 1. The number of nitrogens with two attached hydrogens (primary N) is 1. The average molecular weight is 247 g/mol. The topological polar surface area (TPSA) is 71.2 Å². The summed E-state index contributed by atoms with van der Waals surface area (Å²) in [6.07, 6.45) is -3.79. The van der Waals surface area contributed by atoms with Crippen LogP contribution in [-0.2, 0) is 6.18 Å². The third-order valence-electron chi connectivity index (χ3n) is 2.64. The van der Waals surface area contributed by atoms with Gasteiger partial charge < -0.3 is 16.2 Å². The Morgan fingerprint density at radius 1 is 1.35 bits per heavy atom. The number of rotatable bonds is 2. The number of nitrogens with zero attached hydrogens (tertiary/aromatic N) is 1. The molecular formula is C10H12F3N3O. The average Bonchev–Trinajstić information content (AvgIpc) is 2.13. The zero-order valence-electron chi connectivity index (χ0n) is 8.83. The summed E-state index contributed by atoms with van der Waals surface area (Å²) >= 11 is 0. The number of nitrogens with one attached hydrogen (secondary N) is 1. The standard InChI is InChI=1S/C10H12F3N3O/c11-10(12,13)5-1-8(14)16-9(2-5)15-6-3-7(17)4-6/h1-2,6-7,17H,3-4H2,(H3,14,15,16). The van der Waals surface area contributed by atoms with E-state index in [0.29, 0.717) is 12.8 Å². The third-order valence-corrected chi connectivity index (χ3v) is 2.64. The van der Waals surface area contributed by atoms with Gasteiger partial charge in [-0.2, -0.15) is 13.2 Å². The smallest absolute Gasteiger partial charge is 0.393 e. The molecule has 2 rings (SSSR count). The van der Waals surface area contributed by atoms with Crippen LogP contribution in [0.5, 0.6) is 0 Å². The summed E-state index contributed by atoms with van der Waals surface area (Å²) in [4.78, 5) is 3.78. The molecule has 0 bridgehead atoms. The summed E-state index contributed by atoms with van der Waals surface area (Å²) in [5, 5.41) is 11.9. The first-order valence-corrected chi connectivity index (χ1v) is 5.14. The highest BCUT2D eigenvalue weighted by atomic mass is 19.4. The van der Waals surface area contributed by atoms with Crippen molar-refractivity contribution in [3.8, 4) is 0 Å². The van der Waals surface area contributed by atoms with E-state index in [4.69, 9.17) is 10.8 Å². The maximum absolute atomic E-state index is 12.5. The van der Waals surface area contributed by atoms with Crippen LogP contribution < -0.4 is 11.1 Å². The maximum atomic E-state index is 12.5. The first kappa shape index (κ1) is 12.0. The highest BCUT2D eigenvalue weighted by molar-refractivity contribution is 5.48. The van der Waals surface area contributed by atoms with Crippen molar-refractivity contribution in [1.82, 2.24) is 4.98 Å². The van der Waals surface area contributed by atoms with Gasteiger partial charge in [0.15, 0.2) is 0 Å². The van der Waals surface area contributed by atoms with Crippen molar-refractivity contribution in [3.05, 3.63) is 17.7 Å². The van der Waals surface area contributed by atoms with Crippen LogP contribution in [0.2, 0.25) is 0 Å². The van der Waals surface area contributed by atoms with E-state index in [9.17, 15) is 13.2 Å². The molecule has 1 aromatic rings. The molecule has 7 heteroatoms. The first-order valence-electron chi connectivity index (χ1n) is 5.14. The van der Waals surface area contributed by atoms with E-state index in [-0.39, 0.29) is 23.8 Å². The van der Waals surface area contributed by atoms with Crippen molar-refractivity contribution < 1.29 is 18.3 Å².